The second-order valence-electron chi connectivity index (χ2n) is 2.54. The first-order chi connectivity index (χ1) is 6.40. The Labute approximate surface area is 75.1 Å². The maximum atomic E-state index is 5.30. The molecule has 2 aromatic rings. The normalized spacial score (nSPS) is 10.5. The Kier molecular flexibility index (Phi) is 2.09. The molecule has 5 nitrogen and oxygen atoms in total. The molecule has 0 fully saturated rings. The minimum absolute atomic E-state index is 0.483. The van der Waals surface area contributed by atoms with Crippen molar-refractivity contribution in [1.82, 2.24) is 14.6 Å². The minimum atomic E-state index is 0.483. The number of rotatable bonds is 3. The lowest BCUT2D eigenvalue weighted by atomic mass is 10.6. The Hall–Kier alpha value is -1.62. The molecule has 0 bridgehead atoms. The van der Waals surface area contributed by atoms with Crippen molar-refractivity contribution in [2.24, 2.45) is 5.73 Å². The minimum Gasteiger partial charge on any atom is -0.476 e. The molecule has 2 N–H and O–H groups in total. The zero-order valence-corrected chi connectivity index (χ0v) is 7.05. The van der Waals surface area contributed by atoms with E-state index >= 15 is 0 Å². The summed E-state index contributed by atoms with van der Waals surface area (Å²) in [6.07, 6.45) is 3.49. The van der Waals surface area contributed by atoms with Gasteiger partial charge in [0.2, 0.25) is 5.88 Å². The zero-order valence-electron chi connectivity index (χ0n) is 7.05. The van der Waals surface area contributed by atoms with Crippen LogP contribution < -0.4 is 10.5 Å². The first-order valence-corrected chi connectivity index (χ1v) is 4.03. The summed E-state index contributed by atoms with van der Waals surface area (Å²) >= 11 is 0. The van der Waals surface area contributed by atoms with Gasteiger partial charge in [-0.1, -0.05) is 0 Å². The van der Waals surface area contributed by atoms with Crippen molar-refractivity contribution < 1.29 is 4.74 Å². The second kappa shape index (κ2) is 3.40. The van der Waals surface area contributed by atoms with Gasteiger partial charge in [0.1, 0.15) is 6.61 Å². The van der Waals surface area contributed by atoms with Crippen molar-refractivity contribution in [3.8, 4) is 5.88 Å². The van der Waals surface area contributed by atoms with Crippen molar-refractivity contribution in [2.75, 3.05) is 13.2 Å². The van der Waals surface area contributed by atoms with E-state index in [9.17, 15) is 0 Å². The van der Waals surface area contributed by atoms with E-state index in [2.05, 4.69) is 10.1 Å². The highest BCUT2D eigenvalue weighted by Gasteiger charge is 1.97. The molecule has 2 aromatic heterocycles. The Morgan fingerprint density at radius 2 is 2.38 bits per heavy atom. The van der Waals surface area contributed by atoms with Crippen molar-refractivity contribution in [1.29, 1.82) is 0 Å². The van der Waals surface area contributed by atoms with Crippen LogP contribution >= 0.6 is 0 Å². The Balaban J connectivity index is 2.26. The van der Waals surface area contributed by atoms with E-state index in [1.165, 1.54) is 0 Å². The number of hydrogen-bond acceptors (Lipinski definition) is 4. The molecule has 0 aliphatic carbocycles. The van der Waals surface area contributed by atoms with E-state index in [4.69, 9.17) is 10.5 Å². The fraction of sp³-hybridized carbons (Fsp3) is 0.250. The lowest BCUT2D eigenvalue weighted by Gasteiger charge is -2.02. The molecule has 0 saturated carbocycles. The lowest BCUT2D eigenvalue weighted by Crippen LogP contribution is -2.11. The highest BCUT2D eigenvalue weighted by molar-refractivity contribution is 5.37. The number of hydrogen-bond donors (Lipinski definition) is 1. The summed E-state index contributed by atoms with van der Waals surface area (Å²) in [6.45, 7) is 0.976. The predicted octanol–water partition coefficient (Wildman–Crippen LogP) is 0.0668. The summed E-state index contributed by atoms with van der Waals surface area (Å²) in [5.41, 5.74) is 6.07. The van der Waals surface area contributed by atoms with Crippen LogP contribution in [0.25, 0.3) is 5.65 Å². The monoisotopic (exact) mass is 178 g/mol. The van der Waals surface area contributed by atoms with E-state index in [0.717, 1.165) is 5.65 Å². The molecule has 0 unspecified atom stereocenters. The lowest BCUT2D eigenvalue weighted by molar-refractivity contribution is 0.316. The van der Waals surface area contributed by atoms with Gasteiger partial charge in [0.05, 0.1) is 6.20 Å². The molecular formula is C8H10N4O. The maximum absolute atomic E-state index is 5.30. The molecular weight excluding hydrogens is 168 g/mol. The molecule has 0 aliphatic heterocycles. The van der Waals surface area contributed by atoms with Crippen molar-refractivity contribution in [3.63, 3.8) is 0 Å². The van der Waals surface area contributed by atoms with Gasteiger partial charge in [-0.15, -0.1) is 0 Å². The Morgan fingerprint density at radius 3 is 3.23 bits per heavy atom. The van der Waals surface area contributed by atoms with Crippen LogP contribution in [0, 0.1) is 0 Å². The molecule has 0 atom stereocenters. The topological polar surface area (TPSA) is 65.4 Å². The Bertz CT molecular complexity index is 398. The summed E-state index contributed by atoms with van der Waals surface area (Å²) in [7, 11) is 0. The molecule has 2 rings (SSSR count). The highest BCUT2D eigenvalue weighted by atomic mass is 16.5. The number of aromatic nitrogens is 3. The molecule has 0 spiro atoms. The predicted molar refractivity (Wildman–Crippen MR) is 47.5 cm³/mol. The van der Waals surface area contributed by atoms with Crippen LogP contribution in [0.5, 0.6) is 5.88 Å². The third-order valence-corrected chi connectivity index (χ3v) is 1.60. The zero-order chi connectivity index (χ0) is 9.10. The Morgan fingerprint density at radius 1 is 1.46 bits per heavy atom. The molecule has 0 amide bonds. The van der Waals surface area contributed by atoms with Gasteiger partial charge in [-0.2, -0.15) is 10.1 Å². The van der Waals surface area contributed by atoms with Gasteiger partial charge in [-0.05, 0) is 0 Å². The van der Waals surface area contributed by atoms with Crippen LogP contribution in [-0.2, 0) is 0 Å². The highest BCUT2D eigenvalue weighted by Crippen LogP contribution is 2.07. The number of fused-ring (bicyclic) bond motifs is 1. The maximum Gasteiger partial charge on any atom is 0.216 e. The van der Waals surface area contributed by atoms with Crippen molar-refractivity contribution >= 4 is 5.65 Å². The quantitative estimate of drug-likeness (QED) is 0.722. The second-order valence-corrected chi connectivity index (χ2v) is 2.54. The van der Waals surface area contributed by atoms with E-state index in [1.54, 1.807) is 23.0 Å². The summed E-state index contributed by atoms with van der Waals surface area (Å²) in [5.74, 6) is 0.582. The third kappa shape index (κ3) is 1.59. The SMILES string of the molecule is NCCOc1ccn2nccc2n1. The molecule has 0 radical (unpaired) electrons. The molecule has 5 heteroatoms. The number of nitrogens with two attached hydrogens (primary N) is 1. The van der Waals surface area contributed by atoms with Crippen molar-refractivity contribution in [2.45, 2.75) is 0 Å². The first kappa shape index (κ1) is 8.00. The van der Waals surface area contributed by atoms with E-state index in [-0.39, 0.29) is 0 Å². The van der Waals surface area contributed by atoms with Crippen molar-refractivity contribution in [3.05, 3.63) is 24.5 Å². The van der Waals surface area contributed by atoms with Crippen LogP contribution in [0.3, 0.4) is 0 Å². The molecule has 2 heterocycles. The van der Waals surface area contributed by atoms with Crippen LogP contribution in [0.4, 0.5) is 0 Å². The summed E-state index contributed by atoms with van der Waals surface area (Å²) < 4.78 is 6.93. The molecule has 0 aliphatic rings. The number of nitrogens with zero attached hydrogens (tertiary/aromatic N) is 3. The smallest absolute Gasteiger partial charge is 0.216 e. The first-order valence-electron chi connectivity index (χ1n) is 4.03. The van der Waals surface area contributed by atoms with Gasteiger partial charge in [0.25, 0.3) is 0 Å². The van der Waals surface area contributed by atoms with Gasteiger partial charge in [0.15, 0.2) is 5.65 Å². The van der Waals surface area contributed by atoms with Gasteiger partial charge in [-0.3, -0.25) is 0 Å². The fourth-order valence-electron chi connectivity index (χ4n) is 1.04. The average molecular weight is 178 g/mol. The third-order valence-electron chi connectivity index (χ3n) is 1.60. The van der Waals surface area contributed by atoms with Gasteiger partial charge < -0.3 is 10.5 Å². The largest absolute Gasteiger partial charge is 0.476 e. The van der Waals surface area contributed by atoms with Gasteiger partial charge in [0, 0.05) is 24.9 Å². The summed E-state index contributed by atoms with van der Waals surface area (Å²) in [5, 5.41) is 4.01. The molecule has 0 saturated heterocycles. The summed E-state index contributed by atoms with van der Waals surface area (Å²) in [4.78, 5) is 4.20. The van der Waals surface area contributed by atoms with Crippen LogP contribution in [-0.4, -0.2) is 27.7 Å². The molecule has 13 heavy (non-hydrogen) atoms. The number of ether oxygens (including phenoxy) is 1. The molecule has 0 aromatic carbocycles. The van der Waals surface area contributed by atoms with Gasteiger partial charge in [-0.25, -0.2) is 4.52 Å². The van der Waals surface area contributed by atoms with E-state index in [1.807, 2.05) is 6.07 Å². The average Bonchev–Trinajstić information content (AvgIpc) is 2.61. The van der Waals surface area contributed by atoms with Crippen LogP contribution in [0.2, 0.25) is 0 Å². The molecule has 68 valence electrons. The fourth-order valence-corrected chi connectivity index (χ4v) is 1.04. The van der Waals surface area contributed by atoms with E-state index in [0.29, 0.717) is 19.0 Å². The van der Waals surface area contributed by atoms with E-state index < -0.39 is 0 Å². The van der Waals surface area contributed by atoms with Crippen LogP contribution in [0.15, 0.2) is 24.5 Å². The van der Waals surface area contributed by atoms with Gasteiger partial charge >= 0.3 is 0 Å². The standard InChI is InChI=1S/C8H10N4O/c9-3-6-13-8-2-5-12-7(11-8)1-4-10-12/h1-2,4-5H,3,6,9H2. The summed E-state index contributed by atoms with van der Waals surface area (Å²) in [6, 6.07) is 3.57. The van der Waals surface area contributed by atoms with Crippen LogP contribution in [0.1, 0.15) is 0 Å².